The van der Waals surface area contributed by atoms with Gasteiger partial charge in [-0.05, 0) is 44.9 Å². The highest BCUT2D eigenvalue weighted by Crippen LogP contribution is 2.26. The minimum atomic E-state index is -0.328. The van der Waals surface area contributed by atoms with E-state index in [0.29, 0.717) is 17.9 Å². The van der Waals surface area contributed by atoms with Gasteiger partial charge in [0.2, 0.25) is 0 Å². The average molecular weight is 292 g/mol. The monoisotopic (exact) mass is 292 g/mol. The van der Waals surface area contributed by atoms with Crippen LogP contribution in [0.15, 0.2) is 18.2 Å². The Morgan fingerprint density at radius 2 is 2.29 bits per heavy atom. The highest BCUT2D eigenvalue weighted by Gasteiger charge is 2.22. The van der Waals surface area contributed by atoms with Crippen molar-refractivity contribution < 1.29 is 14.3 Å². The van der Waals surface area contributed by atoms with Crippen LogP contribution in [0.25, 0.3) is 0 Å². The molecule has 0 aromatic heterocycles. The third-order valence-corrected chi connectivity index (χ3v) is 3.69. The number of carbonyl (C=O) groups is 1. The first kappa shape index (κ1) is 15.6. The quantitative estimate of drug-likeness (QED) is 0.644. The summed E-state index contributed by atoms with van der Waals surface area (Å²) in [6.45, 7) is 6.64. The first-order valence-corrected chi connectivity index (χ1v) is 7.58. The normalized spacial score (nSPS) is 17.7. The van der Waals surface area contributed by atoms with Gasteiger partial charge < -0.3 is 20.1 Å². The van der Waals surface area contributed by atoms with Gasteiger partial charge in [0.05, 0.1) is 24.0 Å². The number of anilines is 2. The standard InChI is InChI=1S/C16H24N2O3/c1-3-18(11-13-6-5-9-21-13)15-8-7-12(17)10-14(15)16(19)20-4-2/h7-8,10,13H,3-6,9,11,17H2,1-2H3. The van der Waals surface area contributed by atoms with Crippen LogP contribution in [0.2, 0.25) is 0 Å². The molecule has 5 heteroatoms. The smallest absolute Gasteiger partial charge is 0.340 e. The molecule has 2 rings (SSSR count). The van der Waals surface area contributed by atoms with E-state index in [-0.39, 0.29) is 12.1 Å². The number of carbonyl (C=O) groups excluding carboxylic acids is 1. The second kappa shape index (κ2) is 7.31. The molecule has 1 unspecified atom stereocenters. The molecule has 0 bridgehead atoms. The number of ether oxygens (including phenoxy) is 2. The van der Waals surface area contributed by atoms with Crippen LogP contribution >= 0.6 is 0 Å². The SMILES string of the molecule is CCOC(=O)c1cc(N)ccc1N(CC)CC1CCCO1. The Balaban J connectivity index is 2.24. The number of rotatable bonds is 6. The van der Waals surface area contributed by atoms with E-state index >= 15 is 0 Å². The van der Waals surface area contributed by atoms with Crippen molar-refractivity contribution in [2.24, 2.45) is 0 Å². The summed E-state index contributed by atoms with van der Waals surface area (Å²) in [4.78, 5) is 14.3. The fraction of sp³-hybridized carbons (Fsp3) is 0.562. The molecule has 1 aliphatic heterocycles. The van der Waals surface area contributed by atoms with Gasteiger partial charge in [-0.15, -0.1) is 0 Å². The molecule has 21 heavy (non-hydrogen) atoms. The maximum absolute atomic E-state index is 12.1. The van der Waals surface area contributed by atoms with Gasteiger partial charge in [-0.1, -0.05) is 0 Å². The van der Waals surface area contributed by atoms with Crippen LogP contribution < -0.4 is 10.6 Å². The third-order valence-electron chi connectivity index (χ3n) is 3.69. The van der Waals surface area contributed by atoms with E-state index < -0.39 is 0 Å². The molecule has 116 valence electrons. The molecule has 1 aromatic carbocycles. The van der Waals surface area contributed by atoms with Crippen LogP contribution in [-0.4, -0.2) is 38.4 Å². The van der Waals surface area contributed by atoms with Crippen LogP contribution in [0.1, 0.15) is 37.0 Å². The van der Waals surface area contributed by atoms with Crippen LogP contribution in [0.4, 0.5) is 11.4 Å². The zero-order valence-electron chi connectivity index (χ0n) is 12.8. The van der Waals surface area contributed by atoms with E-state index in [1.54, 1.807) is 13.0 Å². The molecule has 1 fully saturated rings. The van der Waals surface area contributed by atoms with Gasteiger partial charge in [0.1, 0.15) is 0 Å². The molecule has 1 saturated heterocycles. The minimum Gasteiger partial charge on any atom is -0.462 e. The number of hydrogen-bond acceptors (Lipinski definition) is 5. The molecule has 1 heterocycles. The van der Waals surface area contributed by atoms with Crippen molar-refractivity contribution >= 4 is 17.3 Å². The lowest BCUT2D eigenvalue weighted by Gasteiger charge is -2.27. The number of nitrogens with zero attached hydrogens (tertiary/aromatic N) is 1. The number of hydrogen-bond donors (Lipinski definition) is 1. The van der Waals surface area contributed by atoms with E-state index in [1.165, 1.54) is 0 Å². The lowest BCUT2D eigenvalue weighted by atomic mass is 10.1. The molecule has 5 nitrogen and oxygen atoms in total. The number of esters is 1. The van der Waals surface area contributed by atoms with Crippen LogP contribution in [0.3, 0.4) is 0 Å². The summed E-state index contributed by atoms with van der Waals surface area (Å²) in [5.74, 6) is -0.328. The summed E-state index contributed by atoms with van der Waals surface area (Å²) >= 11 is 0. The fourth-order valence-electron chi connectivity index (χ4n) is 2.63. The number of nitrogens with two attached hydrogens (primary N) is 1. The second-order valence-electron chi connectivity index (χ2n) is 5.17. The van der Waals surface area contributed by atoms with Crippen molar-refractivity contribution in [1.82, 2.24) is 0 Å². The van der Waals surface area contributed by atoms with Gasteiger partial charge >= 0.3 is 5.97 Å². The first-order valence-electron chi connectivity index (χ1n) is 7.58. The van der Waals surface area contributed by atoms with Crippen molar-refractivity contribution in [3.8, 4) is 0 Å². The lowest BCUT2D eigenvalue weighted by molar-refractivity contribution is 0.0526. The Morgan fingerprint density at radius 3 is 2.90 bits per heavy atom. The Hall–Kier alpha value is -1.75. The predicted molar refractivity (Wildman–Crippen MR) is 83.7 cm³/mol. The second-order valence-corrected chi connectivity index (χ2v) is 5.17. The first-order chi connectivity index (χ1) is 10.2. The van der Waals surface area contributed by atoms with Gasteiger partial charge in [0, 0.05) is 25.4 Å². The minimum absolute atomic E-state index is 0.234. The zero-order valence-corrected chi connectivity index (χ0v) is 12.8. The van der Waals surface area contributed by atoms with Crippen molar-refractivity contribution in [1.29, 1.82) is 0 Å². The molecular weight excluding hydrogens is 268 g/mol. The van der Waals surface area contributed by atoms with Crippen molar-refractivity contribution in [2.75, 3.05) is 36.9 Å². The number of benzene rings is 1. The molecular formula is C16H24N2O3. The Kier molecular flexibility index (Phi) is 5.44. The van der Waals surface area contributed by atoms with Gasteiger partial charge in [-0.25, -0.2) is 4.79 Å². The van der Waals surface area contributed by atoms with Crippen molar-refractivity contribution in [3.05, 3.63) is 23.8 Å². The summed E-state index contributed by atoms with van der Waals surface area (Å²) in [6, 6.07) is 5.39. The lowest BCUT2D eigenvalue weighted by Crippen LogP contribution is -2.33. The molecule has 1 aromatic rings. The highest BCUT2D eigenvalue weighted by molar-refractivity contribution is 5.97. The molecule has 0 aliphatic carbocycles. The van der Waals surface area contributed by atoms with E-state index in [9.17, 15) is 4.79 Å². The summed E-state index contributed by atoms with van der Waals surface area (Å²) in [7, 11) is 0. The van der Waals surface area contributed by atoms with E-state index in [0.717, 1.165) is 38.2 Å². The fourth-order valence-corrected chi connectivity index (χ4v) is 2.63. The molecule has 0 radical (unpaired) electrons. The third kappa shape index (κ3) is 3.88. The average Bonchev–Trinajstić information content (AvgIpc) is 2.98. The summed E-state index contributed by atoms with van der Waals surface area (Å²) < 4.78 is 10.8. The molecule has 1 atom stereocenters. The van der Waals surface area contributed by atoms with Crippen molar-refractivity contribution in [2.45, 2.75) is 32.8 Å². The van der Waals surface area contributed by atoms with Crippen LogP contribution in [0, 0.1) is 0 Å². The predicted octanol–water partition coefficient (Wildman–Crippen LogP) is 2.45. The van der Waals surface area contributed by atoms with Crippen molar-refractivity contribution in [3.63, 3.8) is 0 Å². The maximum atomic E-state index is 12.1. The maximum Gasteiger partial charge on any atom is 0.340 e. The Morgan fingerprint density at radius 1 is 1.48 bits per heavy atom. The van der Waals surface area contributed by atoms with Gasteiger partial charge in [-0.3, -0.25) is 0 Å². The molecule has 0 amide bonds. The van der Waals surface area contributed by atoms with E-state index in [2.05, 4.69) is 11.8 Å². The highest BCUT2D eigenvalue weighted by atomic mass is 16.5. The molecule has 0 spiro atoms. The topological polar surface area (TPSA) is 64.8 Å². The Labute approximate surface area is 126 Å². The summed E-state index contributed by atoms with van der Waals surface area (Å²) in [5, 5.41) is 0. The van der Waals surface area contributed by atoms with Gasteiger partial charge in [-0.2, -0.15) is 0 Å². The number of nitrogen functional groups attached to an aromatic ring is 1. The molecule has 2 N–H and O–H groups in total. The summed E-state index contributed by atoms with van der Waals surface area (Å²) in [5.41, 5.74) is 7.77. The van der Waals surface area contributed by atoms with Crippen LogP contribution in [0.5, 0.6) is 0 Å². The molecule has 0 saturated carbocycles. The largest absolute Gasteiger partial charge is 0.462 e. The zero-order chi connectivity index (χ0) is 15.2. The van der Waals surface area contributed by atoms with Gasteiger partial charge in [0.15, 0.2) is 0 Å². The van der Waals surface area contributed by atoms with E-state index in [4.69, 9.17) is 15.2 Å². The number of likely N-dealkylation sites (N-methyl/N-ethyl adjacent to an activating group) is 1. The summed E-state index contributed by atoms with van der Waals surface area (Å²) in [6.07, 6.45) is 2.41. The molecule has 1 aliphatic rings. The van der Waals surface area contributed by atoms with E-state index in [1.807, 2.05) is 12.1 Å². The Bertz CT molecular complexity index is 484. The van der Waals surface area contributed by atoms with Gasteiger partial charge in [0.25, 0.3) is 0 Å². The van der Waals surface area contributed by atoms with Crippen LogP contribution in [-0.2, 0) is 9.47 Å².